The van der Waals surface area contributed by atoms with Gasteiger partial charge in [-0.1, -0.05) is 13.8 Å². The summed E-state index contributed by atoms with van der Waals surface area (Å²) in [6, 6.07) is 7.26. The Kier molecular flexibility index (Phi) is 8.28. The first-order chi connectivity index (χ1) is 10.2. The van der Waals surface area contributed by atoms with E-state index in [9.17, 15) is 4.79 Å². The van der Waals surface area contributed by atoms with E-state index in [4.69, 9.17) is 9.47 Å². The molecular weight excluding hydrogens is 268 g/mol. The van der Waals surface area contributed by atoms with Gasteiger partial charge in [0.1, 0.15) is 11.5 Å². The second-order valence-corrected chi connectivity index (χ2v) is 4.57. The molecule has 0 radical (unpaired) electrons. The molecule has 0 bridgehead atoms. The van der Waals surface area contributed by atoms with Crippen LogP contribution in [0.3, 0.4) is 0 Å². The van der Waals surface area contributed by atoms with Gasteiger partial charge in [-0.2, -0.15) is 0 Å². The van der Waals surface area contributed by atoms with Gasteiger partial charge in [0.2, 0.25) is 0 Å². The van der Waals surface area contributed by atoms with E-state index in [1.165, 1.54) is 0 Å². The Bertz CT molecular complexity index is 402. The molecule has 5 nitrogen and oxygen atoms in total. The van der Waals surface area contributed by atoms with Crippen molar-refractivity contribution in [2.24, 2.45) is 0 Å². The first-order valence-electron chi connectivity index (χ1n) is 7.54. The quantitative estimate of drug-likeness (QED) is 0.716. The van der Waals surface area contributed by atoms with Crippen LogP contribution in [-0.2, 0) is 4.79 Å². The van der Waals surface area contributed by atoms with Crippen molar-refractivity contribution < 1.29 is 14.3 Å². The van der Waals surface area contributed by atoms with Crippen LogP contribution in [0.2, 0.25) is 0 Å². The van der Waals surface area contributed by atoms with E-state index < -0.39 is 0 Å². The van der Waals surface area contributed by atoms with Gasteiger partial charge >= 0.3 is 0 Å². The van der Waals surface area contributed by atoms with Crippen molar-refractivity contribution in [2.45, 2.75) is 20.8 Å². The smallest absolute Gasteiger partial charge is 0.257 e. The zero-order valence-electron chi connectivity index (χ0n) is 13.2. The van der Waals surface area contributed by atoms with Crippen molar-refractivity contribution in [1.82, 2.24) is 10.2 Å². The summed E-state index contributed by atoms with van der Waals surface area (Å²) in [5.74, 6) is 1.36. The lowest BCUT2D eigenvalue weighted by molar-refractivity contribution is -0.123. The summed E-state index contributed by atoms with van der Waals surface area (Å²) >= 11 is 0. The van der Waals surface area contributed by atoms with E-state index in [1.54, 1.807) is 12.1 Å². The Morgan fingerprint density at radius 2 is 1.62 bits per heavy atom. The number of benzene rings is 1. The molecule has 0 unspecified atom stereocenters. The highest BCUT2D eigenvalue weighted by molar-refractivity contribution is 5.77. The number of hydrogen-bond donors (Lipinski definition) is 1. The predicted molar refractivity (Wildman–Crippen MR) is 83.9 cm³/mol. The van der Waals surface area contributed by atoms with Gasteiger partial charge in [-0.05, 0) is 44.3 Å². The summed E-state index contributed by atoms with van der Waals surface area (Å²) in [6.45, 7) is 10.3. The van der Waals surface area contributed by atoms with Gasteiger partial charge in [0.25, 0.3) is 5.91 Å². The highest BCUT2D eigenvalue weighted by Gasteiger charge is 2.04. The minimum Gasteiger partial charge on any atom is -0.494 e. The van der Waals surface area contributed by atoms with Crippen LogP contribution in [0.25, 0.3) is 0 Å². The Labute approximate surface area is 127 Å². The van der Waals surface area contributed by atoms with E-state index in [2.05, 4.69) is 24.1 Å². The maximum absolute atomic E-state index is 11.7. The minimum atomic E-state index is -0.101. The first-order valence-corrected chi connectivity index (χ1v) is 7.54. The highest BCUT2D eigenvalue weighted by atomic mass is 16.5. The third-order valence-electron chi connectivity index (χ3n) is 3.15. The van der Waals surface area contributed by atoms with Crippen LogP contribution in [-0.4, -0.2) is 50.2 Å². The molecule has 1 N–H and O–H groups in total. The molecule has 118 valence electrons. The van der Waals surface area contributed by atoms with E-state index in [0.717, 1.165) is 25.4 Å². The number of amides is 1. The number of likely N-dealkylation sites (N-methyl/N-ethyl adjacent to an activating group) is 1. The van der Waals surface area contributed by atoms with Gasteiger partial charge in [-0.3, -0.25) is 4.79 Å². The summed E-state index contributed by atoms with van der Waals surface area (Å²) in [7, 11) is 0. The summed E-state index contributed by atoms with van der Waals surface area (Å²) in [4.78, 5) is 13.9. The van der Waals surface area contributed by atoms with Crippen molar-refractivity contribution in [3.8, 4) is 11.5 Å². The molecule has 1 amide bonds. The minimum absolute atomic E-state index is 0.0340. The zero-order valence-corrected chi connectivity index (χ0v) is 13.2. The SMILES string of the molecule is CCOc1ccc(OCC(=O)NCCN(CC)CC)cc1. The number of carbonyl (C=O) groups excluding carboxylic acids is 1. The maximum atomic E-state index is 11.7. The maximum Gasteiger partial charge on any atom is 0.257 e. The molecule has 0 aliphatic carbocycles. The number of nitrogens with zero attached hydrogens (tertiary/aromatic N) is 1. The lowest BCUT2D eigenvalue weighted by atomic mass is 10.3. The average molecular weight is 294 g/mol. The van der Waals surface area contributed by atoms with Gasteiger partial charge < -0.3 is 19.7 Å². The lowest BCUT2D eigenvalue weighted by Crippen LogP contribution is -2.36. The fourth-order valence-corrected chi connectivity index (χ4v) is 1.89. The van der Waals surface area contributed by atoms with Crippen molar-refractivity contribution in [3.63, 3.8) is 0 Å². The van der Waals surface area contributed by atoms with E-state index in [1.807, 2.05) is 19.1 Å². The lowest BCUT2D eigenvalue weighted by Gasteiger charge is -2.17. The van der Waals surface area contributed by atoms with Crippen LogP contribution in [0.5, 0.6) is 11.5 Å². The van der Waals surface area contributed by atoms with Crippen molar-refractivity contribution in [2.75, 3.05) is 39.4 Å². The standard InChI is InChI=1S/C16H26N2O3/c1-4-18(5-2)12-11-17-16(19)13-21-15-9-7-14(8-10-15)20-6-3/h7-10H,4-6,11-13H2,1-3H3,(H,17,19). The van der Waals surface area contributed by atoms with Crippen LogP contribution >= 0.6 is 0 Å². The Balaban J connectivity index is 2.23. The van der Waals surface area contributed by atoms with Crippen LogP contribution in [0.1, 0.15) is 20.8 Å². The third-order valence-corrected chi connectivity index (χ3v) is 3.15. The van der Waals surface area contributed by atoms with Gasteiger partial charge in [-0.25, -0.2) is 0 Å². The third kappa shape index (κ3) is 6.99. The Hall–Kier alpha value is -1.75. The second-order valence-electron chi connectivity index (χ2n) is 4.57. The first kappa shape index (κ1) is 17.3. The summed E-state index contributed by atoms with van der Waals surface area (Å²) in [5.41, 5.74) is 0. The molecule has 0 aliphatic heterocycles. The molecule has 0 aromatic heterocycles. The van der Waals surface area contributed by atoms with Crippen molar-refractivity contribution in [1.29, 1.82) is 0 Å². The van der Waals surface area contributed by atoms with Gasteiger partial charge in [0.15, 0.2) is 6.61 Å². The fraction of sp³-hybridized carbons (Fsp3) is 0.562. The van der Waals surface area contributed by atoms with Crippen LogP contribution in [0, 0.1) is 0 Å². The van der Waals surface area contributed by atoms with E-state index in [-0.39, 0.29) is 12.5 Å². The summed E-state index contributed by atoms with van der Waals surface area (Å²) in [5, 5.41) is 2.85. The van der Waals surface area contributed by atoms with Crippen molar-refractivity contribution >= 4 is 5.91 Å². The molecular formula is C16H26N2O3. The Morgan fingerprint density at radius 3 is 2.14 bits per heavy atom. The van der Waals surface area contributed by atoms with Crippen LogP contribution in [0.15, 0.2) is 24.3 Å². The van der Waals surface area contributed by atoms with Crippen LogP contribution < -0.4 is 14.8 Å². The topological polar surface area (TPSA) is 50.8 Å². The Morgan fingerprint density at radius 1 is 1.05 bits per heavy atom. The predicted octanol–water partition coefficient (Wildman–Crippen LogP) is 1.92. The molecule has 0 saturated carbocycles. The normalized spacial score (nSPS) is 10.5. The molecule has 0 heterocycles. The largest absolute Gasteiger partial charge is 0.494 e. The number of carbonyl (C=O) groups is 1. The molecule has 1 aromatic carbocycles. The molecule has 1 aromatic rings. The van der Waals surface area contributed by atoms with Crippen molar-refractivity contribution in [3.05, 3.63) is 24.3 Å². The fourth-order valence-electron chi connectivity index (χ4n) is 1.89. The molecule has 21 heavy (non-hydrogen) atoms. The van der Waals surface area contributed by atoms with E-state index >= 15 is 0 Å². The second kappa shape index (κ2) is 10.0. The average Bonchev–Trinajstić information content (AvgIpc) is 2.51. The molecule has 0 saturated heterocycles. The molecule has 0 fully saturated rings. The summed E-state index contributed by atoms with van der Waals surface area (Å²) < 4.78 is 10.8. The van der Waals surface area contributed by atoms with Gasteiger partial charge in [-0.15, -0.1) is 0 Å². The number of hydrogen-bond acceptors (Lipinski definition) is 4. The molecule has 0 aliphatic rings. The van der Waals surface area contributed by atoms with Gasteiger partial charge in [0, 0.05) is 13.1 Å². The van der Waals surface area contributed by atoms with E-state index in [0.29, 0.717) is 18.9 Å². The monoisotopic (exact) mass is 294 g/mol. The molecule has 5 heteroatoms. The summed E-state index contributed by atoms with van der Waals surface area (Å²) in [6.07, 6.45) is 0. The number of nitrogens with one attached hydrogen (secondary N) is 1. The number of ether oxygens (including phenoxy) is 2. The highest BCUT2D eigenvalue weighted by Crippen LogP contribution is 2.17. The zero-order chi connectivity index (χ0) is 15.5. The number of rotatable bonds is 10. The molecule has 1 rings (SSSR count). The van der Waals surface area contributed by atoms with Gasteiger partial charge in [0.05, 0.1) is 6.61 Å². The van der Waals surface area contributed by atoms with Crippen LogP contribution in [0.4, 0.5) is 0 Å². The molecule has 0 spiro atoms. The molecule has 0 atom stereocenters.